The van der Waals surface area contributed by atoms with Crippen molar-refractivity contribution in [2.24, 2.45) is 21.6 Å². The van der Waals surface area contributed by atoms with E-state index in [1.54, 1.807) is 7.05 Å². The Morgan fingerprint density at radius 3 is 2.12 bits per heavy atom. The van der Waals surface area contributed by atoms with Crippen molar-refractivity contribution in [1.82, 2.24) is 4.90 Å². The predicted octanol–water partition coefficient (Wildman–Crippen LogP) is 4.48. The topological polar surface area (TPSA) is 54.0 Å². The first-order valence-electron chi connectivity index (χ1n) is 8.89. The lowest BCUT2D eigenvalue weighted by Gasteiger charge is -2.36. The standard InChI is InChI=1S/C21H34N4/c1-14(2)21(16(4)17(5)24-8)18(6)25-11-9-19(10-12-25)20(22)13-15(3)23-7/h13,19H,6,8-12,22H2,1-5,7H3/b17-16+,20-13?,23-15?. The monoisotopic (exact) mass is 342 g/mol. The highest BCUT2D eigenvalue weighted by Crippen LogP contribution is 2.31. The minimum absolute atomic E-state index is 0.420. The highest BCUT2D eigenvalue weighted by atomic mass is 15.1. The number of nitrogens with zero attached hydrogens (tertiary/aromatic N) is 3. The van der Waals surface area contributed by atoms with Crippen LogP contribution in [0.3, 0.4) is 0 Å². The first-order valence-corrected chi connectivity index (χ1v) is 8.89. The molecular weight excluding hydrogens is 308 g/mol. The van der Waals surface area contributed by atoms with E-state index < -0.39 is 0 Å². The molecule has 1 aliphatic heterocycles. The van der Waals surface area contributed by atoms with E-state index in [1.807, 2.05) is 19.9 Å². The van der Waals surface area contributed by atoms with Crippen molar-refractivity contribution in [1.29, 1.82) is 0 Å². The number of nitrogens with two attached hydrogens (primary N) is 1. The Balaban J connectivity index is 2.89. The molecule has 0 aromatic rings. The van der Waals surface area contributed by atoms with Gasteiger partial charge in [0.05, 0.1) is 0 Å². The van der Waals surface area contributed by atoms with Crippen LogP contribution in [0.1, 0.15) is 47.5 Å². The van der Waals surface area contributed by atoms with E-state index in [-0.39, 0.29) is 0 Å². The lowest BCUT2D eigenvalue weighted by molar-refractivity contribution is 0.249. The number of allylic oxidation sites excluding steroid dienone is 5. The molecule has 0 aromatic heterocycles. The van der Waals surface area contributed by atoms with Gasteiger partial charge in [-0.05, 0) is 65.8 Å². The van der Waals surface area contributed by atoms with E-state index >= 15 is 0 Å². The molecule has 0 bridgehead atoms. The second-order valence-electron chi connectivity index (χ2n) is 6.96. The van der Waals surface area contributed by atoms with Gasteiger partial charge >= 0.3 is 0 Å². The van der Waals surface area contributed by atoms with Crippen LogP contribution in [0.2, 0.25) is 0 Å². The molecule has 0 radical (unpaired) electrons. The number of hydrogen-bond acceptors (Lipinski definition) is 4. The van der Waals surface area contributed by atoms with E-state index in [0.29, 0.717) is 5.92 Å². The summed E-state index contributed by atoms with van der Waals surface area (Å²) in [6.45, 7) is 20.3. The lowest BCUT2D eigenvalue weighted by Crippen LogP contribution is -2.35. The summed E-state index contributed by atoms with van der Waals surface area (Å²) in [7, 11) is 1.79. The Morgan fingerprint density at radius 2 is 1.68 bits per heavy atom. The molecule has 0 saturated carbocycles. The average molecular weight is 343 g/mol. The molecule has 0 aliphatic carbocycles. The molecule has 0 aromatic carbocycles. The highest BCUT2D eigenvalue weighted by molar-refractivity contribution is 5.93. The van der Waals surface area contributed by atoms with Crippen molar-refractivity contribution in [2.45, 2.75) is 47.5 Å². The van der Waals surface area contributed by atoms with Gasteiger partial charge in [0.15, 0.2) is 0 Å². The third-order valence-corrected chi connectivity index (χ3v) is 5.02. The summed E-state index contributed by atoms with van der Waals surface area (Å²) in [5.74, 6) is 0.420. The second-order valence-corrected chi connectivity index (χ2v) is 6.96. The van der Waals surface area contributed by atoms with Crippen LogP contribution in [0.4, 0.5) is 0 Å². The highest BCUT2D eigenvalue weighted by Gasteiger charge is 2.24. The minimum atomic E-state index is 0.420. The molecule has 1 fully saturated rings. The first kappa shape index (κ1) is 20.9. The molecular formula is C21H34N4. The normalized spacial score (nSPS) is 17.9. The van der Waals surface area contributed by atoms with Crippen molar-refractivity contribution in [3.63, 3.8) is 0 Å². The van der Waals surface area contributed by atoms with Gasteiger partial charge in [0.1, 0.15) is 0 Å². The Hall–Kier alpha value is -2.10. The molecule has 25 heavy (non-hydrogen) atoms. The Kier molecular flexibility index (Phi) is 7.88. The summed E-state index contributed by atoms with van der Waals surface area (Å²) in [5, 5.41) is 0. The van der Waals surface area contributed by atoms with E-state index in [2.05, 4.69) is 49.0 Å². The summed E-state index contributed by atoms with van der Waals surface area (Å²) in [6.07, 6.45) is 4.08. The molecule has 1 aliphatic rings. The molecule has 1 saturated heterocycles. The second kappa shape index (κ2) is 9.40. The summed E-state index contributed by atoms with van der Waals surface area (Å²) in [5.41, 5.74) is 13.8. The van der Waals surface area contributed by atoms with Crippen molar-refractivity contribution in [2.75, 3.05) is 20.1 Å². The quantitative estimate of drug-likeness (QED) is 0.572. The largest absolute Gasteiger partial charge is 0.402 e. The number of aliphatic imine (C=N–C) groups is 2. The zero-order chi connectivity index (χ0) is 19.1. The fourth-order valence-electron chi connectivity index (χ4n) is 3.24. The van der Waals surface area contributed by atoms with Crippen LogP contribution in [0.5, 0.6) is 0 Å². The molecule has 0 atom stereocenters. The number of piperidine rings is 1. The molecule has 0 spiro atoms. The fraction of sp³-hybridized carbons (Fsp3) is 0.524. The van der Waals surface area contributed by atoms with Gasteiger partial charge in [-0.15, -0.1) is 0 Å². The van der Waals surface area contributed by atoms with E-state index in [4.69, 9.17) is 5.73 Å². The van der Waals surface area contributed by atoms with Gasteiger partial charge in [-0.2, -0.15) is 0 Å². The minimum Gasteiger partial charge on any atom is -0.402 e. The van der Waals surface area contributed by atoms with Gasteiger partial charge < -0.3 is 10.6 Å². The molecule has 138 valence electrons. The van der Waals surface area contributed by atoms with Gasteiger partial charge in [0.2, 0.25) is 0 Å². The van der Waals surface area contributed by atoms with Crippen LogP contribution in [0.15, 0.2) is 56.5 Å². The molecule has 1 rings (SSSR count). The molecule has 0 amide bonds. The van der Waals surface area contributed by atoms with Gasteiger partial charge in [0, 0.05) is 54.4 Å². The van der Waals surface area contributed by atoms with Gasteiger partial charge in [-0.25, -0.2) is 0 Å². The molecule has 0 unspecified atom stereocenters. The zero-order valence-electron chi connectivity index (χ0n) is 16.8. The van der Waals surface area contributed by atoms with E-state index in [1.165, 1.54) is 11.1 Å². The summed E-state index contributed by atoms with van der Waals surface area (Å²) in [6, 6.07) is 0. The first-order chi connectivity index (χ1) is 11.7. The number of hydrogen-bond donors (Lipinski definition) is 1. The molecule has 2 N–H and O–H groups in total. The maximum absolute atomic E-state index is 6.26. The molecule has 4 heteroatoms. The number of rotatable bonds is 6. The van der Waals surface area contributed by atoms with Gasteiger partial charge in [0.25, 0.3) is 0 Å². The van der Waals surface area contributed by atoms with Crippen molar-refractivity contribution < 1.29 is 0 Å². The average Bonchev–Trinajstić information content (AvgIpc) is 2.60. The molecule has 1 heterocycles. The Bertz CT molecular complexity index is 635. The van der Waals surface area contributed by atoms with Crippen molar-refractivity contribution >= 4 is 12.4 Å². The van der Waals surface area contributed by atoms with Gasteiger partial charge in [-0.1, -0.05) is 12.2 Å². The third-order valence-electron chi connectivity index (χ3n) is 5.02. The van der Waals surface area contributed by atoms with Crippen molar-refractivity contribution in [3.05, 3.63) is 46.5 Å². The summed E-state index contributed by atoms with van der Waals surface area (Å²) < 4.78 is 0. The fourth-order valence-corrected chi connectivity index (χ4v) is 3.24. The van der Waals surface area contributed by atoms with Crippen LogP contribution in [0.25, 0.3) is 0 Å². The van der Waals surface area contributed by atoms with Crippen LogP contribution in [0, 0.1) is 5.92 Å². The van der Waals surface area contributed by atoms with Crippen molar-refractivity contribution in [3.8, 4) is 0 Å². The zero-order valence-corrected chi connectivity index (χ0v) is 16.8. The SMILES string of the molecule is C=N/C(C)=C(\C)C(C(=C)N1CCC(C(N)=CC(C)=NC)CC1)=C(C)C. The molecule has 4 nitrogen and oxygen atoms in total. The smallest absolute Gasteiger partial charge is 0.0401 e. The predicted molar refractivity (Wildman–Crippen MR) is 111 cm³/mol. The lowest BCUT2D eigenvalue weighted by atomic mass is 9.91. The van der Waals surface area contributed by atoms with Crippen LogP contribution < -0.4 is 5.73 Å². The number of likely N-dealkylation sites (tertiary alicyclic amines) is 1. The Morgan fingerprint density at radius 1 is 1.12 bits per heavy atom. The maximum atomic E-state index is 6.26. The summed E-state index contributed by atoms with van der Waals surface area (Å²) >= 11 is 0. The summed E-state index contributed by atoms with van der Waals surface area (Å²) in [4.78, 5) is 10.6. The van der Waals surface area contributed by atoms with Crippen LogP contribution >= 0.6 is 0 Å². The third kappa shape index (κ3) is 5.45. The Labute approximate surface area is 153 Å². The van der Waals surface area contributed by atoms with Gasteiger partial charge in [-0.3, -0.25) is 9.98 Å². The van der Waals surface area contributed by atoms with E-state index in [9.17, 15) is 0 Å². The van der Waals surface area contributed by atoms with Crippen LogP contribution in [-0.2, 0) is 0 Å². The van der Waals surface area contributed by atoms with E-state index in [0.717, 1.165) is 54.3 Å². The van der Waals surface area contributed by atoms with Crippen LogP contribution in [-0.4, -0.2) is 37.5 Å². The maximum Gasteiger partial charge on any atom is 0.0401 e.